The summed E-state index contributed by atoms with van der Waals surface area (Å²) in [6.45, 7) is 0.897. The molecular formula is C15H14N4O. The molecule has 0 atom stereocenters. The maximum atomic E-state index is 11.9. The lowest BCUT2D eigenvalue weighted by atomic mass is 10.1. The molecule has 0 radical (unpaired) electrons. The van der Waals surface area contributed by atoms with Crippen molar-refractivity contribution in [3.05, 3.63) is 65.0 Å². The van der Waals surface area contributed by atoms with Crippen LogP contribution in [-0.2, 0) is 13.1 Å². The molecule has 0 spiro atoms. The minimum Gasteiger partial charge on any atom is -0.348 e. The molecule has 0 aliphatic carbocycles. The molecule has 0 saturated carbocycles. The van der Waals surface area contributed by atoms with Crippen molar-refractivity contribution in [1.29, 1.82) is 5.26 Å². The molecule has 1 heterocycles. The highest BCUT2D eigenvalue weighted by Crippen LogP contribution is 2.05. The Kier molecular flexibility index (Phi) is 4.43. The number of hydrogen-bond donors (Lipinski definition) is 2. The molecule has 5 heteroatoms. The Hall–Kier alpha value is -2.71. The van der Waals surface area contributed by atoms with E-state index in [0.717, 1.165) is 11.1 Å². The van der Waals surface area contributed by atoms with Crippen LogP contribution in [0, 0.1) is 11.3 Å². The molecule has 1 aromatic carbocycles. The fraction of sp³-hybridized carbons (Fsp3) is 0.133. The summed E-state index contributed by atoms with van der Waals surface area (Å²) in [6, 6.07) is 12.7. The van der Waals surface area contributed by atoms with E-state index in [9.17, 15) is 4.79 Å². The molecular weight excluding hydrogens is 252 g/mol. The van der Waals surface area contributed by atoms with Gasteiger partial charge in [-0.3, -0.25) is 4.79 Å². The van der Waals surface area contributed by atoms with Gasteiger partial charge in [-0.15, -0.1) is 0 Å². The summed E-state index contributed by atoms with van der Waals surface area (Å²) in [5.74, 6) is -0.222. The number of benzene rings is 1. The predicted molar refractivity (Wildman–Crippen MR) is 74.5 cm³/mol. The van der Waals surface area contributed by atoms with Gasteiger partial charge in [0.1, 0.15) is 11.8 Å². The summed E-state index contributed by atoms with van der Waals surface area (Å²) < 4.78 is 0. The third-order valence-electron chi connectivity index (χ3n) is 2.82. The summed E-state index contributed by atoms with van der Waals surface area (Å²) in [7, 11) is 0. The van der Waals surface area contributed by atoms with Crippen molar-refractivity contribution in [3.63, 3.8) is 0 Å². The second kappa shape index (κ2) is 6.45. The average Bonchev–Trinajstić information content (AvgIpc) is 2.53. The van der Waals surface area contributed by atoms with Crippen LogP contribution in [0.2, 0.25) is 0 Å². The van der Waals surface area contributed by atoms with Crippen LogP contribution in [0.5, 0.6) is 0 Å². The van der Waals surface area contributed by atoms with Gasteiger partial charge in [-0.2, -0.15) is 5.26 Å². The molecule has 3 N–H and O–H groups in total. The Morgan fingerprint density at radius 2 is 2.10 bits per heavy atom. The van der Waals surface area contributed by atoms with Gasteiger partial charge in [-0.1, -0.05) is 24.3 Å². The minimum absolute atomic E-state index is 0.222. The van der Waals surface area contributed by atoms with E-state index in [-0.39, 0.29) is 11.6 Å². The Labute approximate surface area is 117 Å². The predicted octanol–water partition coefficient (Wildman–Crippen LogP) is 1.34. The van der Waals surface area contributed by atoms with Crippen molar-refractivity contribution in [2.45, 2.75) is 13.1 Å². The van der Waals surface area contributed by atoms with Gasteiger partial charge in [0.05, 0.1) is 5.56 Å². The van der Waals surface area contributed by atoms with Crippen LogP contribution < -0.4 is 11.1 Å². The highest BCUT2D eigenvalue weighted by molar-refractivity contribution is 5.93. The monoisotopic (exact) mass is 266 g/mol. The van der Waals surface area contributed by atoms with Gasteiger partial charge in [0.15, 0.2) is 0 Å². The topological polar surface area (TPSA) is 91.8 Å². The second-order valence-electron chi connectivity index (χ2n) is 4.25. The number of nitriles is 1. The summed E-state index contributed by atoms with van der Waals surface area (Å²) in [5.41, 5.74) is 8.30. The van der Waals surface area contributed by atoms with Crippen molar-refractivity contribution in [1.82, 2.24) is 10.3 Å². The SMILES string of the molecule is N#Cc1ccc(C(=O)NCc2cccc(CN)c2)cn1. The lowest BCUT2D eigenvalue weighted by Crippen LogP contribution is -2.23. The van der Waals surface area contributed by atoms with Crippen molar-refractivity contribution in [2.24, 2.45) is 5.73 Å². The number of hydrogen-bond acceptors (Lipinski definition) is 4. The Morgan fingerprint density at radius 3 is 2.75 bits per heavy atom. The maximum Gasteiger partial charge on any atom is 0.253 e. The van der Waals surface area contributed by atoms with Gasteiger partial charge in [-0.25, -0.2) is 4.98 Å². The van der Waals surface area contributed by atoms with E-state index in [4.69, 9.17) is 11.0 Å². The zero-order valence-corrected chi connectivity index (χ0v) is 10.8. The van der Waals surface area contributed by atoms with E-state index in [0.29, 0.717) is 18.7 Å². The fourth-order valence-electron chi connectivity index (χ4n) is 1.75. The van der Waals surface area contributed by atoms with Crippen LogP contribution >= 0.6 is 0 Å². The van der Waals surface area contributed by atoms with Crippen LogP contribution in [0.4, 0.5) is 0 Å². The van der Waals surface area contributed by atoms with Gasteiger partial charge < -0.3 is 11.1 Å². The second-order valence-corrected chi connectivity index (χ2v) is 4.25. The van der Waals surface area contributed by atoms with E-state index < -0.39 is 0 Å². The first kappa shape index (κ1) is 13.7. The zero-order chi connectivity index (χ0) is 14.4. The number of carbonyl (C=O) groups excluding carboxylic acids is 1. The Balaban J connectivity index is 1.99. The molecule has 0 unspecified atom stereocenters. The number of amides is 1. The van der Waals surface area contributed by atoms with Crippen molar-refractivity contribution in [2.75, 3.05) is 0 Å². The van der Waals surface area contributed by atoms with E-state index in [2.05, 4.69) is 10.3 Å². The molecule has 0 fully saturated rings. The molecule has 2 rings (SSSR count). The van der Waals surface area contributed by atoms with Crippen molar-refractivity contribution >= 4 is 5.91 Å². The van der Waals surface area contributed by atoms with E-state index in [1.807, 2.05) is 30.3 Å². The third-order valence-corrected chi connectivity index (χ3v) is 2.82. The summed E-state index contributed by atoms with van der Waals surface area (Å²) in [6.07, 6.45) is 1.39. The Bertz CT molecular complexity index is 644. The molecule has 0 bridgehead atoms. The average molecular weight is 266 g/mol. The molecule has 2 aromatic rings. The first-order valence-corrected chi connectivity index (χ1v) is 6.15. The van der Waals surface area contributed by atoms with Crippen molar-refractivity contribution in [3.8, 4) is 6.07 Å². The summed E-state index contributed by atoms with van der Waals surface area (Å²) in [5, 5.41) is 11.4. The normalized spacial score (nSPS) is 9.80. The van der Waals surface area contributed by atoms with Crippen LogP contribution in [0.25, 0.3) is 0 Å². The lowest BCUT2D eigenvalue weighted by Gasteiger charge is -2.06. The molecule has 0 saturated heterocycles. The van der Waals surface area contributed by atoms with E-state index >= 15 is 0 Å². The molecule has 1 aromatic heterocycles. The quantitative estimate of drug-likeness (QED) is 0.873. The fourth-order valence-corrected chi connectivity index (χ4v) is 1.75. The van der Waals surface area contributed by atoms with Crippen LogP contribution in [0.15, 0.2) is 42.6 Å². The molecule has 0 aliphatic heterocycles. The number of aromatic nitrogens is 1. The van der Waals surface area contributed by atoms with Gasteiger partial charge in [0, 0.05) is 19.3 Å². The first-order chi connectivity index (χ1) is 9.72. The maximum absolute atomic E-state index is 11.9. The Morgan fingerprint density at radius 1 is 1.30 bits per heavy atom. The summed E-state index contributed by atoms with van der Waals surface area (Å²) in [4.78, 5) is 15.8. The minimum atomic E-state index is -0.222. The summed E-state index contributed by atoms with van der Waals surface area (Å²) >= 11 is 0. The van der Waals surface area contributed by atoms with E-state index in [1.54, 1.807) is 6.07 Å². The standard InChI is InChI=1S/C15H14N4O/c16-7-11-2-1-3-12(6-11)9-19-15(20)13-4-5-14(8-17)18-10-13/h1-6,10H,7,9,16H2,(H,19,20). The molecule has 20 heavy (non-hydrogen) atoms. The van der Waals surface area contributed by atoms with Crippen molar-refractivity contribution < 1.29 is 4.79 Å². The number of nitrogens with one attached hydrogen (secondary N) is 1. The highest BCUT2D eigenvalue weighted by atomic mass is 16.1. The number of rotatable bonds is 4. The van der Waals surface area contributed by atoms with Crippen LogP contribution in [0.3, 0.4) is 0 Å². The van der Waals surface area contributed by atoms with Crippen LogP contribution in [0.1, 0.15) is 27.2 Å². The molecule has 5 nitrogen and oxygen atoms in total. The lowest BCUT2D eigenvalue weighted by molar-refractivity contribution is 0.0950. The number of nitrogens with zero attached hydrogens (tertiary/aromatic N) is 2. The van der Waals surface area contributed by atoms with Gasteiger partial charge >= 0.3 is 0 Å². The van der Waals surface area contributed by atoms with Gasteiger partial charge in [-0.05, 0) is 23.3 Å². The molecule has 100 valence electrons. The smallest absolute Gasteiger partial charge is 0.253 e. The van der Waals surface area contributed by atoms with Gasteiger partial charge in [0.2, 0.25) is 0 Å². The highest BCUT2D eigenvalue weighted by Gasteiger charge is 2.06. The first-order valence-electron chi connectivity index (χ1n) is 6.15. The van der Waals surface area contributed by atoms with Crippen LogP contribution in [-0.4, -0.2) is 10.9 Å². The molecule has 1 amide bonds. The number of pyridine rings is 1. The number of nitrogens with two attached hydrogens (primary N) is 1. The third kappa shape index (κ3) is 3.40. The van der Waals surface area contributed by atoms with E-state index in [1.165, 1.54) is 12.3 Å². The largest absolute Gasteiger partial charge is 0.348 e. The zero-order valence-electron chi connectivity index (χ0n) is 10.8. The van der Waals surface area contributed by atoms with Gasteiger partial charge in [0.25, 0.3) is 5.91 Å². The molecule has 0 aliphatic rings. The number of carbonyl (C=O) groups is 1.